The van der Waals surface area contributed by atoms with Crippen LogP contribution in [-0.4, -0.2) is 42.1 Å². The van der Waals surface area contributed by atoms with Crippen LogP contribution < -0.4 is 20.7 Å². The molecular weight excluding hydrogens is 342 g/mol. The first-order valence-electron chi connectivity index (χ1n) is 8.04. The molecule has 1 aromatic carbocycles. The fraction of sp³-hybridized carbons (Fsp3) is 0.353. The number of methoxy groups -OCH3 is 1. The topological polar surface area (TPSA) is 93.4 Å². The number of carbonyl (C=O) groups is 1. The van der Waals surface area contributed by atoms with E-state index in [9.17, 15) is 4.79 Å². The van der Waals surface area contributed by atoms with Crippen LogP contribution in [0.4, 0.5) is 11.6 Å². The lowest BCUT2D eigenvalue weighted by molar-refractivity contribution is 0.0930. The Morgan fingerprint density at radius 1 is 1.40 bits per heavy atom. The van der Waals surface area contributed by atoms with Crippen LogP contribution in [0.1, 0.15) is 23.2 Å². The summed E-state index contributed by atoms with van der Waals surface area (Å²) < 4.78 is 5.25. The van der Waals surface area contributed by atoms with Crippen LogP contribution in [0.5, 0.6) is 5.75 Å². The molecule has 7 nitrogen and oxygen atoms in total. The molecule has 0 saturated carbocycles. The number of nitrogens with one attached hydrogen (secondary N) is 1. The smallest absolute Gasteiger partial charge is 0.255 e. The first kappa shape index (κ1) is 17.3. The minimum absolute atomic E-state index is 0.00825. The number of nitrogens with zero attached hydrogens (tertiary/aromatic N) is 3. The number of rotatable bonds is 4. The lowest BCUT2D eigenvalue weighted by Crippen LogP contribution is -2.48. The van der Waals surface area contributed by atoms with E-state index in [1.165, 1.54) is 13.2 Å². The number of halogens is 1. The molecule has 3 rings (SSSR count). The van der Waals surface area contributed by atoms with Gasteiger partial charge in [-0.15, -0.1) is 0 Å². The molecule has 1 unspecified atom stereocenters. The summed E-state index contributed by atoms with van der Waals surface area (Å²) in [6, 6.07) is 4.86. The summed E-state index contributed by atoms with van der Waals surface area (Å²) in [6.45, 7) is 1.52. The maximum absolute atomic E-state index is 12.7. The van der Waals surface area contributed by atoms with Crippen molar-refractivity contribution in [1.29, 1.82) is 0 Å². The summed E-state index contributed by atoms with van der Waals surface area (Å²) >= 11 is 6.05. The van der Waals surface area contributed by atoms with Gasteiger partial charge in [0.05, 0.1) is 23.4 Å². The van der Waals surface area contributed by atoms with Crippen molar-refractivity contribution in [3.8, 4) is 5.75 Å². The molecule has 1 fully saturated rings. The highest BCUT2D eigenvalue weighted by Crippen LogP contribution is 2.29. The molecule has 1 atom stereocenters. The Morgan fingerprint density at radius 3 is 2.88 bits per heavy atom. The predicted octanol–water partition coefficient (Wildman–Crippen LogP) is 2.12. The van der Waals surface area contributed by atoms with Gasteiger partial charge in [0.25, 0.3) is 5.91 Å². The van der Waals surface area contributed by atoms with E-state index in [-0.39, 0.29) is 11.9 Å². The van der Waals surface area contributed by atoms with Crippen molar-refractivity contribution in [3.05, 3.63) is 41.2 Å². The van der Waals surface area contributed by atoms with Crippen molar-refractivity contribution >= 4 is 29.1 Å². The summed E-state index contributed by atoms with van der Waals surface area (Å²) in [5.41, 5.74) is 6.51. The average Bonchev–Trinajstić information content (AvgIpc) is 2.64. The number of anilines is 2. The van der Waals surface area contributed by atoms with Gasteiger partial charge in [0.15, 0.2) is 0 Å². The van der Waals surface area contributed by atoms with Crippen molar-refractivity contribution in [2.75, 3.05) is 30.8 Å². The highest BCUT2D eigenvalue weighted by atomic mass is 35.5. The maximum atomic E-state index is 12.7. The van der Waals surface area contributed by atoms with E-state index in [1.807, 2.05) is 0 Å². The maximum Gasteiger partial charge on any atom is 0.255 e. The Hall–Kier alpha value is -2.54. The first-order chi connectivity index (χ1) is 12.1. The van der Waals surface area contributed by atoms with Crippen LogP contribution in [0.3, 0.4) is 0 Å². The van der Waals surface area contributed by atoms with Crippen molar-refractivity contribution in [2.24, 2.45) is 0 Å². The molecule has 0 aliphatic carbocycles. The van der Waals surface area contributed by atoms with Crippen molar-refractivity contribution in [3.63, 3.8) is 0 Å². The van der Waals surface area contributed by atoms with Gasteiger partial charge < -0.3 is 20.7 Å². The summed E-state index contributed by atoms with van der Waals surface area (Å²) in [4.78, 5) is 23.3. The number of carbonyl (C=O) groups excluding carboxylic acids is 1. The second kappa shape index (κ2) is 7.57. The molecule has 1 amide bonds. The molecule has 8 heteroatoms. The number of piperidine rings is 1. The van der Waals surface area contributed by atoms with Crippen LogP contribution in [0.15, 0.2) is 30.6 Å². The molecule has 2 aromatic rings. The Morgan fingerprint density at radius 2 is 2.16 bits per heavy atom. The SMILES string of the molecule is COc1cc(N)c(Cl)cc1C(=O)NC1CCCN(c2ncccn2)C1. The number of ether oxygens (including phenoxy) is 1. The van der Waals surface area contributed by atoms with Gasteiger partial charge in [-0.2, -0.15) is 0 Å². The van der Waals surface area contributed by atoms with E-state index >= 15 is 0 Å². The third kappa shape index (κ3) is 3.93. The lowest BCUT2D eigenvalue weighted by Gasteiger charge is -2.33. The minimum atomic E-state index is -0.236. The van der Waals surface area contributed by atoms with E-state index in [0.717, 1.165) is 19.4 Å². The number of nitrogen functional groups attached to an aromatic ring is 1. The second-order valence-corrected chi connectivity index (χ2v) is 6.29. The van der Waals surface area contributed by atoms with Gasteiger partial charge in [-0.1, -0.05) is 11.6 Å². The monoisotopic (exact) mass is 361 g/mol. The molecule has 3 N–H and O–H groups in total. The number of aromatic nitrogens is 2. The van der Waals surface area contributed by atoms with Gasteiger partial charge in [-0.05, 0) is 25.0 Å². The van der Waals surface area contributed by atoms with Gasteiger partial charge in [-0.3, -0.25) is 4.79 Å². The van der Waals surface area contributed by atoms with Gasteiger partial charge in [0, 0.05) is 37.6 Å². The van der Waals surface area contributed by atoms with Gasteiger partial charge in [0.2, 0.25) is 5.95 Å². The molecule has 1 saturated heterocycles. The molecule has 1 aliphatic rings. The number of nitrogens with two attached hydrogens (primary N) is 1. The van der Waals surface area contributed by atoms with Crippen molar-refractivity contribution in [2.45, 2.75) is 18.9 Å². The van der Waals surface area contributed by atoms with E-state index < -0.39 is 0 Å². The minimum Gasteiger partial charge on any atom is -0.496 e. The predicted molar refractivity (Wildman–Crippen MR) is 97.1 cm³/mol. The largest absolute Gasteiger partial charge is 0.496 e. The fourth-order valence-electron chi connectivity index (χ4n) is 2.91. The highest BCUT2D eigenvalue weighted by Gasteiger charge is 2.24. The Kier molecular flexibility index (Phi) is 5.23. The molecular formula is C17H20ClN5O2. The van der Waals surface area contributed by atoms with E-state index in [2.05, 4.69) is 20.2 Å². The quantitative estimate of drug-likeness (QED) is 0.810. The highest BCUT2D eigenvalue weighted by molar-refractivity contribution is 6.33. The zero-order valence-electron chi connectivity index (χ0n) is 13.9. The van der Waals surface area contributed by atoms with E-state index in [1.54, 1.807) is 24.5 Å². The molecule has 0 spiro atoms. The molecule has 132 valence electrons. The normalized spacial score (nSPS) is 17.2. The fourth-order valence-corrected chi connectivity index (χ4v) is 3.07. The molecule has 2 heterocycles. The standard InChI is InChI=1S/C17H20ClN5O2/c1-25-15-9-14(19)13(18)8-12(15)16(24)22-11-4-2-7-23(10-11)17-20-5-3-6-21-17/h3,5-6,8-9,11H,2,4,7,10,19H2,1H3,(H,22,24). The van der Waals surface area contributed by atoms with Crippen LogP contribution in [0.2, 0.25) is 5.02 Å². The number of hydrogen-bond donors (Lipinski definition) is 2. The zero-order chi connectivity index (χ0) is 17.8. The van der Waals surface area contributed by atoms with Crippen LogP contribution >= 0.6 is 11.6 Å². The number of benzene rings is 1. The van der Waals surface area contributed by atoms with Gasteiger partial charge in [-0.25, -0.2) is 9.97 Å². The third-order valence-corrected chi connectivity index (χ3v) is 4.48. The summed E-state index contributed by atoms with van der Waals surface area (Å²) in [5, 5.41) is 3.37. The second-order valence-electron chi connectivity index (χ2n) is 5.88. The molecule has 0 bridgehead atoms. The molecule has 25 heavy (non-hydrogen) atoms. The average molecular weight is 362 g/mol. The van der Waals surface area contributed by atoms with Gasteiger partial charge in [0.1, 0.15) is 5.75 Å². The van der Waals surface area contributed by atoms with Crippen molar-refractivity contribution in [1.82, 2.24) is 15.3 Å². The van der Waals surface area contributed by atoms with E-state index in [0.29, 0.717) is 34.5 Å². The first-order valence-corrected chi connectivity index (χ1v) is 8.42. The van der Waals surface area contributed by atoms with Crippen LogP contribution in [-0.2, 0) is 0 Å². The Labute approximate surface area is 151 Å². The number of amides is 1. The molecule has 1 aliphatic heterocycles. The summed E-state index contributed by atoms with van der Waals surface area (Å²) in [6.07, 6.45) is 5.26. The molecule has 0 radical (unpaired) electrons. The van der Waals surface area contributed by atoms with Crippen molar-refractivity contribution < 1.29 is 9.53 Å². The lowest BCUT2D eigenvalue weighted by atomic mass is 10.0. The number of hydrogen-bond acceptors (Lipinski definition) is 6. The van der Waals surface area contributed by atoms with Crippen LogP contribution in [0, 0.1) is 0 Å². The van der Waals surface area contributed by atoms with E-state index in [4.69, 9.17) is 22.1 Å². The summed E-state index contributed by atoms with van der Waals surface area (Å²) in [7, 11) is 1.49. The van der Waals surface area contributed by atoms with Gasteiger partial charge >= 0.3 is 0 Å². The van der Waals surface area contributed by atoms with Crippen LogP contribution in [0.25, 0.3) is 0 Å². The summed E-state index contributed by atoms with van der Waals surface area (Å²) in [5.74, 6) is 0.840. The zero-order valence-corrected chi connectivity index (χ0v) is 14.7. The third-order valence-electron chi connectivity index (χ3n) is 4.16. The molecule has 1 aromatic heterocycles. The Bertz CT molecular complexity index is 756. The Balaban J connectivity index is 1.72.